The normalized spacial score (nSPS) is 11.7. The molecule has 0 unspecified atom stereocenters. The molecule has 0 aliphatic carbocycles. The summed E-state index contributed by atoms with van der Waals surface area (Å²) in [6.45, 7) is 3.02. The molecule has 0 bridgehead atoms. The molecule has 29 heavy (non-hydrogen) atoms. The zero-order valence-corrected chi connectivity index (χ0v) is 19.6. The molecule has 7 heteroatoms. The lowest BCUT2D eigenvalue weighted by Gasteiger charge is -2.06. The summed E-state index contributed by atoms with van der Waals surface area (Å²) in [6.07, 6.45) is 20.9. The second-order valence-electron chi connectivity index (χ2n) is 8.08. The molecule has 0 spiro atoms. The van der Waals surface area contributed by atoms with Gasteiger partial charge in [0, 0.05) is 13.0 Å². The second kappa shape index (κ2) is 20.8. The van der Waals surface area contributed by atoms with E-state index in [4.69, 9.17) is 9.79 Å². The minimum absolute atomic E-state index is 0.0791. The van der Waals surface area contributed by atoms with Gasteiger partial charge in [-0.2, -0.15) is 0 Å². The number of hydrogen-bond acceptors (Lipinski definition) is 3. The van der Waals surface area contributed by atoms with Gasteiger partial charge in [0.15, 0.2) is 0 Å². The Morgan fingerprint density at radius 3 is 1.69 bits per heavy atom. The third-order valence-electron chi connectivity index (χ3n) is 5.16. The first-order chi connectivity index (χ1) is 14.0. The Hall–Kier alpha value is -0.420. The highest BCUT2D eigenvalue weighted by Crippen LogP contribution is 2.35. The largest absolute Gasteiger partial charge is 0.469 e. The summed E-state index contributed by atoms with van der Waals surface area (Å²) in [5, 5.41) is 2.95. The van der Waals surface area contributed by atoms with Crippen molar-refractivity contribution in [3.05, 3.63) is 0 Å². The van der Waals surface area contributed by atoms with Crippen LogP contribution in [-0.2, 0) is 13.9 Å². The molecule has 174 valence electrons. The van der Waals surface area contributed by atoms with E-state index >= 15 is 0 Å². The lowest BCUT2D eigenvalue weighted by atomic mass is 10.0. The fraction of sp³-hybridized carbons (Fsp3) is 0.955. The molecule has 0 aromatic rings. The summed E-state index contributed by atoms with van der Waals surface area (Å²) >= 11 is 0. The van der Waals surface area contributed by atoms with Gasteiger partial charge in [-0.25, -0.2) is 4.57 Å². The first-order valence-electron chi connectivity index (χ1n) is 11.9. The van der Waals surface area contributed by atoms with Gasteiger partial charge in [0.05, 0.1) is 6.61 Å². The van der Waals surface area contributed by atoms with Gasteiger partial charge < -0.3 is 15.1 Å². The molecule has 6 nitrogen and oxygen atoms in total. The van der Waals surface area contributed by atoms with Crippen LogP contribution in [0, 0.1) is 0 Å². The second-order valence-corrected chi connectivity index (χ2v) is 9.32. The van der Waals surface area contributed by atoms with Gasteiger partial charge in [0.1, 0.15) is 0 Å². The molecule has 0 aromatic heterocycles. The number of rotatable bonds is 22. The maximum atomic E-state index is 11.8. The van der Waals surface area contributed by atoms with Gasteiger partial charge in [0.2, 0.25) is 5.91 Å². The predicted molar refractivity (Wildman–Crippen MR) is 120 cm³/mol. The van der Waals surface area contributed by atoms with Crippen molar-refractivity contribution in [2.45, 2.75) is 122 Å². The lowest BCUT2D eigenvalue weighted by Crippen LogP contribution is -2.23. The summed E-state index contributed by atoms with van der Waals surface area (Å²) in [4.78, 5) is 28.9. The average Bonchev–Trinajstić information content (AvgIpc) is 2.66. The van der Waals surface area contributed by atoms with Crippen LogP contribution >= 0.6 is 7.82 Å². The van der Waals surface area contributed by atoms with Crippen molar-refractivity contribution in [2.24, 2.45) is 0 Å². The summed E-state index contributed by atoms with van der Waals surface area (Å²) in [5.41, 5.74) is 0. The molecule has 0 aliphatic heterocycles. The summed E-state index contributed by atoms with van der Waals surface area (Å²) in [7, 11) is -4.33. The minimum Gasteiger partial charge on any atom is -0.356 e. The molecule has 0 radical (unpaired) electrons. The molecule has 0 rings (SSSR count). The number of amides is 1. The van der Waals surface area contributed by atoms with E-state index in [0.29, 0.717) is 19.4 Å². The maximum Gasteiger partial charge on any atom is 0.469 e. The third-order valence-corrected chi connectivity index (χ3v) is 5.68. The fourth-order valence-corrected chi connectivity index (χ4v) is 3.75. The van der Waals surface area contributed by atoms with E-state index in [9.17, 15) is 9.36 Å². The molecule has 0 aromatic carbocycles. The maximum absolute atomic E-state index is 11.8. The van der Waals surface area contributed by atoms with Crippen LogP contribution in [0.1, 0.15) is 122 Å². The predicted octanol–water partition coefficient (Wildman–Crippen LogP) is 6.25. The molecule has 3 N–H and O–H groups in total. The van der Waals surface area contributed by atoms with E-state index < -0.39 is 7.82 Å². The standard InChI is InChI=1S/C22H46NO5P/c1-2-3-4-5-6-7-8-9-10-11-12-13-16-19-22(24)23-20-17-14-15-18-21-28-29(25,26)27/h2-21H2,1H3,(H,23,24)(H2,25,26,27). The Labute approximate surface area is 178 Å². The molecule has 0 heterocycles. The van der Waals surface area contributed by atoms with Crippen LogP contribution in [0.4, 0.5) is 0 Å². The molecule has 0 saturated heterocycles. The number of carbonyl (C=O) groups is 1. The van der Waals surface area contributed by atoms with Gasteiger partial charge >= 0.3 is 7.82 Å². The number of carbonyl (C=O) groups excluding carboxylic acids is 1. The van der Waals surface area contributed by atoms with Crippen molar-refractivity contribution >= 4 is 13.7 Å². The van der Waals surface area contributed by atoms with Crippen molar-refractivity contribution in [2.75, 3.05) is 13.2 Å². The zero-order valence-electron chi connectivity index (χ0n) is 18.7. The van der Waals surface area contributed by atoms with E-state index in [1.165, 1.54) is 70.6 Å². The van der Waals surface area contributed by atoms with Gasteiger partial charge in [0.25, 0.3) is 0 Å². The van der Waals surface area contributed by atoms with Crippen molar-refractivity contribution in [3.63, 3.8) is 0 Å². The molecule has 0 atom stereocenters. The Balaban J connectivity index is 3.20. The first-order valence-corrected chi connectivity index (χ1v) is 13.5. The number of phosphoric ester groups is 1. The van der Waals surface area contributed by atoms with Gasteiger partial charge in [-0.15, -0.1) is 0 Å². The lowest BCUT2D eigenvalue weighted by molar-refractivity contribution is -0.121. The van der Waals surface area contributed by atoms with Crippen molar-refractivity contribution in [1.29, 1.82) is 0 Å². The first kappa shape index (κ1) is 28.6. The molecule has 0 aliphatic rings. The van der Waals surface area contributed by atoms with E-state index in [2.05, 4.69) is 16.8 Å². The number of hydrogen-bond donors (Lipinski definition) is 3. The van der Waals surface area contributed by atoms with Crippen LogP contribution < -0.4 is 5.32 Å². The van der Waals surface area contributed by atoms with Crippen molar-refractivity contribution < 1.29 is 23.7 Å². The Morgan fingerprint density at radius 2 is 1.17 bits per heavy atom. The van der Waals surface area contributed by atoms with Crippen LogP contribution in [0.3, 0.4) is 0 Å². The van der Waals surface area contributed by atoms with E-state index in [-0.39, 0.29) is 12.5 Å². The van der Waals surface area contributed by atoms with E-state index in [1.54, 1.807) is 0 Å². The van der Waals surface area contributed by atoms with Gasteiger partial charge in [-0.05, 0) is 19.3 Å². The minimum atomic E-state index is -4.33. The number of phosphoric acid groups is 1. The smallest absolute Gasteiger partial charge is 0.356 e. The van der Waals surface area contributed by atoms with Crippen LogP contribution in [-0.4, -0.2) is 28.8 Å². The number of unbranched alkanes of at least 4 members (excludes halogenated alkanes) is 15. The zero-order chi connectivity index (χ0) is 21.6. The van der Waals surface area contributed by atoms with E-state index in [1.807, 2.05) is 0 Å². The molecular formula is C22H46NO5P. The molecule has 1 amide bonds. The Bertz CT molecular complexity index is 414. The fourth-order valence-electron chi connectivity index (χ4n) is 3.38. The van der Waals surface area contributed by atoms with Crippen LogP contribution in [0.2, 0.25) is 0 Å². The summed E-state index contributed by atoms with van der Waals surface area (Å²) < 4.78 is 14.9. The van der Waals surface area contributed by atoms with Crippen LogP contribution in [0.15, 0.2) is 0 Å². The van der Waals surface area contributed by atoms with Crippen molar-refractivity contribution in [1.82, 2.24) is 5.32 Å². The highest BCUT2D eigenvalue weighted by Gasteiger charge is 2.12. The summed E-state index contributed by atoms with van der Waals surface area (Å²) in [5.74, 6) is 0.137. The Morgan fingerprint density at radius 1 is 0.724 bits per heavy atom. The van der Waals surface area contributed by atoms with Crippen LogP contribution in [0.5, 0.6) is 0 Å². The molecule has 0 saturated carbocycles. The van der Waals surface area contributed by atoms with Crippen LogP contribution in [0.25, 0.3) is 0 Å². The van der Waals surface area contributed by atoms with E-state index in [0.717, 1.165) is 32.1 Å². The summed E-state index contributed by atoms with van der Waals surface area (Å²) in [6, 6.07) is 0. The topological polar surface area (TPSA) is 95.9 Å². The average molecular weight is 436 g/mol. The quantitative estimate of drug-likeness (QED) is 0.138. The van der Waals surface area contributed by atoms with Gasteiger partial charge in [-0.1, -0.05) is 96.8 Å². The SMILES string of the molecule is CCCCCCCCCCCCCCCC(=O)NCCCCCCOP(=O)(O)O. The molecule has 0 fully saturated rings. The highest BCUT2D eigenvalue weighted by atomic mass is 31.2. The van der Waals surface area contributed by atoms with Crippen molar-refractivity contribution in [3.8, 4) is 0 Å². The Kier molecular flexibility index (Phi) is 20.5. The highest BCUT2D eigenvalue weighted by molar-refractivity contribution is 7.46. The number of nitrogens with one attached hydrogen (secondary N) is 1. The molecular weight excluding hydrogens is 389 g/mol. The van der Waals surface area contributed by atoms with Gasteiger partial charge in [-0.3, -0.25) is 9.32 Å². The third kappa shape index (κ3) is 25.5. The monoisotopic (exact) mass is 435 g/mol.